The second-order valence-electron chi connectivity index (χ2n) is 16.1. The zero-order valence-electron chi connectivity index (χ0n) is 32.1. The van der Waals surface area contributed by atoms with Gasteiger partial charge in [0.2, 0.25) is 0 Å². The van der Waals surface area contributed by atoms with Gasteiger partial charge in [0.05, 0.1) is 10.4 Å². The molecule has 2 aliphatic heterocycles. The van der Waals surface area contributed by atoms with Crippen molar-refractivity contribution in [1.29, 1.82) is 0 Å². The third-order valence-electron chi connectivity index (χ3n) is 12.9. The number of benzene rings is 7. The van der Waals surface area contributed by atoms with Crippen molar-refractivity contribution in [2.24, 2.45) is 0 Å². The summed E-state index contributed by atoms with van der Waals surface area (Å²) in [4.78, 5) is 7.66. The molecule has 0 unspecified atom stereocenters. The van der Waals surface area contributed by atoms with Gasteiger partial charge < -0.3 is 14.7 Å². The molecule has 1 saturated carbocycles. The highest BCUT2D eigenvalue weighted by molar-refractivity contribution is 7.26. The third-order valence-corrected chi connectivity index (χ3v) is 14.1. The van der Waals surface area contributed by atoms with Crippen molar-refractivity contribution in [3.8, 4) is 0 Å². The van der Waals surface area contributed by atoms with E-state index in [1.54, 1.807) is 0 Å². The first-order valence-corrected chi connectivity index (χ1v) is 21.2. The Morgan fingerprint density at radius 1 is 0.589 bits per heavy atom. The van der Waals surface area contributed by atoms with E-state index in [4.69, 9.17) is 0 Å². The molecule has 5 heteroatoms. The number of nitrogens with zero attached hydrogens (tertiary/aromatic N) is 3. The minimum atomic E-state index is 0.106. The summed E-state index contributed by atoms with van der Waals surface area (Å²) in [5.41, 5.74) is 15.9. The molecule has 3 nitrogen and oxygen atoms in total. The van der Waals surface area contributed by atoms with Crippen molar-refractivity contribution in [3.63, 3.8) is 0 Å². The van der Waals surface area contributed by atoms with E-state index in [1.807, 2.05) is 11.3 Å². The van der Waals surface area contributed by atoms with E-state index in [-0.39, 0.29) is 12.1 Å². The smallest absolute Gasteiger partial charge is 0.252 e. The average Bonchev–Trinajstić information content (AvgIpc) is 3.64. The van der Waals surface area contributed by atoms with Crippen LogP contribution in [0, 0.1) is 0 Å². The maximum Gasteiger partial charge on any atom is 0.252 e. The van der Waals surface area contributed by atoms with Gasteiger partial charge in [0.1, 0.15) is 0 Å². The van der Waals surface area contributed by atoms with Gasteiger partial charge in [0, 0.05) is 61.8 Å². The molecule has 3 aliphatic rings. The van der Waals surface area contributed by atoms with Crippen LogP contribution in [0.2, 0.25) is 0 Å². The van der Waals surface area contributed by atoms with Gasteiger partial charge in [-0.3, -0.25) is 0 Å². The first-order valence-electron chi connectivity index (χ1n) is 20.4. The van der Waals surface area contributed by atoms with Crippen LogP contribution in [0.4, 0.5) is 45.5 Å². The number of para-hydroxylation sites is 3. The molecule has 11 rings (SSSR count). The van der Waals surface area contributed by atoms with Gasteiger partial charge in [-0.05, 0) is 108 Å². The molecular weight excluding hydrogens is 697 g/mol. The Kier molecular flexibility index (Phi) is 7.89. The van der Waals surface area contributed by atoms with Crippen molar-refractivity contribution >= 4 is 100 Å². The maximum atomic E-state index is 2.66. The first-order chi connectivity index (χ1) is 27.6. The molecular formula is C51H44BN3S. The normalized spacial score (nSPS) is 15.4. The quantitative estimate of drug-likeness (QED) is 0.157. The predicted molar refractivity (Wildman–Crippen MR) is 243 cm³/mol. The lowest BCUT2D eigenvalue weighted by atomic mass is 9.33. The second kappa shape index (κ2) is 13.2. The summed E-state index contributed by atoms with van der Waals surface area (Å²) in [5, 5.41) is 2.64. The molecule has 0 N–H and O–H groups in total. The SMILES string of the molecule is CCN1c2cccc3c2B(c2ccc(N(c4ccccc4)c4ccccc4)cc2N3c2cccc3c2sc2ccccc23)c2cccc(C3(C)CCCCC3)c21. The predicted octanol–water partition coefficient (Wildman–Crippen LogP) is 12.5. The van der Waals surface area contributed by atoms with Crippen LogP contribution in [0.1, 0.15) is 51.5 Å². The molecule has 0 radical (unpaired) electrons. The van der Waals surface area contributed by atoms with Gasteiger partial charge in [-0.1, -0.05) is 123 Å². The Balaban J connectivity index is 1.21. The molecule has 0 amide bonds. The summed E-state index contributed by atoms with van der Waals surface area (Å²) in [7, 11) is 0. The Labute approximate surface area is 334 Å². The zero-order valence-corrected chi connectivity index (χ0v) is 32.9. The highest BCUT2D eigenvalue weighted by Crippen LogP contribution is 2.50. The van der Waals surface area contributed by atoms with Crippen molar-refractivity contribution in [3.05, 3.63) is 163 Å². The van der Waals surface area contributed by atoms with Gasteiger partial charge in [0.15, 0.2) is 0 Å². The Hall–Kier alpha value is -5.78. The highest BCUT2D eigenvalue weighted by atomic mass is 32.1. The van der Waals surface area contributed by atoms with Crippen LogP contribution in [-0.4, -0.2) is 13.3 Å². The van der Waals surface area contributed by atoms with Crippen LogP contribution >= 0.6 is 11.3 Å². The summed E-state index contributed by atoms with van der Waals surface area (Å²) in [5.74, 6) is 0. The number of anilines is 8. The molecule has 0 bridgehead atoms. The van der Waals surface area contributed by atoms with Gasteiger partial charge in [0.25, 0.3) is 6.71 Å². The number of rotatable bonds is 6. The zero-order chi connectivity index (χ0) is 37.4. The molecule has 3 heterocycles. The lowest BCUT2D eigenvalue weighted by Gasteiger charge is -2.46. The Morgan fingerprint density at radius 2 is 1.25 bits per heavy atom. The van der Waals surface area contributed by atoms with Gasteiger partial charge in [-0.25, -0.2) is 0 Å². The molecule has 56 heavy (non-hydrogen) atoms. The minimum absolute atomic E-state index is 0.106. The van der Waals surface area contributed by atoms with E-state index in [0.717, 1.165) is 23.6 Å². The molecule has 7 aromatic carbocycles. The minimum Gasteiger partial charge on any atom is -0.342 e. The van der Waals surface area contributed by atoms with Crippen molar-refractivity contribution in [2.45, 2.75) is 51.4 Å². The second-order valence-corrected chi connectivity index (χ2v) is 17.1. The molecule has 8 aromatic rings. The van der Waals surface area contributed by atoms with Gasteiger partial charge in [-0.2, -0.15) is 0 Å². The molecule has 0 atom stereocenters. The maximum absolute atomic E-state index is 2.66. The van der Waals surface area contributed by atoms with E-state index >= 15 is 0 Å². The fourth-order valence-corrected chi connectivity index (χ4v) is 11.6. The summed E-state index contributed by atoms with van der Waals surface area (Å²) < 4.78 is 2.64. The fourth-order valence-electron chi connectivity index (χ4n) is 10.4. The van der Waals surface area contributed by atoms with E-state index < -0.39 is 0 Å². The van der Waals surface area contributed by atoms with Crippen LogP contribution < -0.4 is 31.1 Å². The largest absolute Gasteiger partial charge is 0.342 e. The van der Waals surface area contributed by atoms with Gasteiger partial charge in [-0.15, -0.1) is 11.3 Å². The van der Waals surface area contributed by atoms with E-state index in [9.17, 15) is 0 Å². The summed E-state index contributed by atoms with van der Waals surface area (Å²) in [6.07, 6.45) is 6.46. The fraction of sp³-hybridized carbons (Fsp3) is 0.176. The number of hydrogen-bond donors (Lipinski definition) is 0. The Bertz CT molecular complexity index is 2730. The van der Waals surface area contributed by atoms with Crippen LogP contribution in [0.5, 0.6) is 0 Å². The van der Waals surface area contributed by atoms with E-state index in [1.165, 1.54) is 103 Å². The van der Waals surface area contributed by atoms with E-state index in [0.29, 0.717) is 0 Å². The lowest BCUT2D eigenvalue weighted by Crippen LogP contribution is -2.62. The number of fused-ring (bicyclic) bond motifs is 7. The third kappa shape index (κ3) is 5.03. The van der Waals surface area contributed by atoms with Crippen LogP contribution in [0.25, 0.3) is 20.2 Å². The molecule has 1 aromatic heterocycles. The summed E-state index contributed by atoms with van der Waals surface area (Å²) in [6.45, 7) is 5.90. The van der Waals surface area contributed by atoms with Crippen LogP contribution in [-0.2, 0) is 5.41 Å². The molecule has 0 spiro atoms. The lowest BCUT2D eigenvalue weighted by molar-refractivity contribution is 0.320. The van der Waals surface area contributed by atoms with Crippen molar-refractivity contribution in [2.75, 3.05) is 21.2 Å². The topological polar surface area (TPSA) is 9.72 Å². The van der Waals surface area contributed by atoms with Crippen LogP contribution in [0.3, 0.4) is 0 Å². The van der Waals surface area contributed by atoms with E-state index in [2.05, 4.69) is 186 Å². The summed E-state index contributed by atoms with van der Waals surface area (Å²) >= 11 is 1.91. The molecule has 1 aliphatic carbocycles. The highest BCUT2D eigenvalue weighted by Gasteiger charge is 2.45. The standard InChI is InChI=1S/C51H44BN3S/c1-3-53-43-26-17-27-44-48(43)52(42-25-16-24-40(49(42)53)51(2)32-13-6-14-33-51)41-31-30-37(54(35-18-7-4-8-19-35)36-20-9-5-10-21-36)34-46(41)55(44)45-28-15-23-39-38-22-11-12-29-47(38)56-50(39)45/h4-5,7-12,15-31,34H,3,6,13-14,32-33H2,1-2H3. The average molecular weight is 742 g/mol. The van der Waals surface area contributed by atoms with Crippen LogP contribution in [0.15, 0.2) is 158 Å². The van der Waals surface area contributed by atoms with Crippen molar-refractivity contribution < 1.29 is 0 Å². The molecule has 272 valence electrons. The van der Waals surface area contributed by atoms with Gasteiger partial charge >= 0.3 is 0 Å². The molecule has 0 saturated heterocycles. The first kappa shape index (κ1) is 33.6. The van der Waals surface area contributed by atoms with Crippen molar-refractivity contribution in [1.82, 2.24) is 0 Å². The number of thiophene rings is 1. The monoisotopic (exact) mass is 741 g/mol. The summed E-state index contributed by atoms with van der Waals surface area (Å²) in [6, 6.07) is 59.0. The molecule has 1 fully saturated rings. The Morgan fingerprint density at radius 3 is 2.02 bits per heavy atom. The number of hydrogen-bond acceptors (Lipinski definition) is 4.